The van der Waals surface area contributed by atoms with Gasteiger partial charge in [0.1, 0.15) is 11.6 Å². The second kappa shape index (κ2) is 4.76. The topological polar surface area (TPSA) is 27.1 Å². The molecule has 0 aliphatic heterocycles. The van der Waals surface area contributed by atoms with Gasteiger partial charge in [0.25, 0.3) is 0 Å². The number of ether oxygens (including phenoxy) is 1. The molecule has 1 aromatic heterocycles. The summed E-state index contributed by atoms with van der Waals surface area (Å²) in [5, 5.41) is 0. The highest BCUT2D eigenvalue weighted by Crippen LogP contribution is 2.22. The highest BCUT2D eigenvalue weighted by molar-refractivity contribution is 5.77. The molecule has 1 heterocycles. The van der Waals surface area contributed by atoms with Gasteiger partial charge in [-0.1, -0.05) is 30.3 Å². The van der Waals surface area contributed by atoms with Gasteiger partial charge in [-0.15, -0.1) is 0 Å². The van der Waals surface area contributed by atoms with Crippen molar-refractivity contribution in [3.05, 3.63) is 59.9 Å². The monoisotopic (exact) mass is 252 g/mol. The summed E-state index contributed by atoms with van der Waals surface area (Å²) in [4.78, 5) is 4.60. The number of aromatic nitrogens is 2. The van der Waals surface area contributed by atoms with Crippen LogP contribution in [0.15, 0.2) is 48.5 Å². The van der Waals surface area contributed by atoms with Crippen molar-refractivity contribution < 1.29 is 4.74 Å². The van der Waals surface area contributed by atoms with Crippen LogP contribution in [0.1, 0.15) is 11.4 Å². The molecule has 0 saturated carbocycles. The quantitative estimate of drug-likeness (QED) is 0.714. The largest absolute Gasteiger partial charge is 0.497 e. The molecular formula is C16H16N2O. The Labute approximate surface area is 112 Å². The molecule has 0 aliphatic rings. The van der Waals surface area contributed by atoms with Gasteiger partial charge in [0.15, 0.2) is 0 Å². The van der Waals surface area contributed by atoms with Crippen LogP contribution in [0.25, 0.3) is 11.0 Å². The van der Waals surface area contributed by atoms with E-state index >= 15 is 0 Å². The molecule has 0 fully saturated rings. The first-order valence-corrected chi connectivity index (χ1v) is 6.33. The van der Waals surface area contributed by atoms with E-state index in [2.05, 4.69) is 39.9 Å². The molecule has 19 heavy (non-hydrogen) atoms. The van der Waals surface area contributed by atoms with Gasteiger partial charge < -0.3 is 9.30 Å². The maximum absolute atomic E-state index is 5.24. The summed E-state index contributed by atoms with van der Waals surface area (Å²) < 4.78 is 7.47. The summed E-state index contributed by atoms with van der Waals surface area (Å²) >= 11 is 0. The second-order valence-electron chi connectivity index (χ2n) is 4.59. The molecule has 3 rings (SSSR count). The smallest absolute Gasteiger partial charge is 0.121 e. The molecule has 3 aromatic rings. The van der Waals surface area contributed by atoms with Crippen LogP contribution in [0.4, 0.5) is 0 Å². The van der Waals surface area contributed by atoms with Crippen molar-refractivity contribution >= 4 is 11.0 Å². The molecule has 0 saturated heterocycles. The zero-order chi connectivity index (χ0) is 13.2. The van der Waals surface area contributed by atoms with Crippen LogP contribution in [-0.2, 0) is 6.54 Å². The maximum atomic E-state index is 5.24. The molecule has 3 nitrogen and oxygen atoms in total. The first kappa shape index (κ1) is 11.8. The molecule has 0 amide bonds. The van der Waals surface area contributed by atoms with E-state index in [1.54, 1.807) is 7.11 Å². The van der Waals surface area contributed by atoms with Crippen LogP contribution in [0.5, 0.6) is 5.75 Å². The Hall–Kier alpha value is -2.29. The summed E-state index contributed by atoms with van der Waals surface area (Å²) in [6, 6.07) is 16.4. The van der Waals surface area contributed by atoms with Crippen LogP contribution in [0.3, 0.4) is 0 Å². The minimum atomic E-state index is 0.843. The Morgan fingerprint density at radius 3 is 2.63 bits per heavy atom. The van der Waals surface area contributed by atoms with Crippen LogP contribution < -0.4 is 4.74 Å². The van der Waals surface area contributed by atoms with E-state index in [-0.39, 0.29) is 0 Å². The van der Waals surface area contributed by atoms with Crippen LogP contribution in [0, 0.1) is 6.92 Å². The fourth-order valence-corrected chi connectivity index (χ4v) is 2.32. The third-order valence-electron chi connectivity index (χ3n) is 3.33. The molecule has 0 aliphatic carbocycles. The molecular weight excluding hydrogens is 236 g/mol. The van der Waals surface area contributed by atoms with Crippen molar-refractivity contribution in [3.8, 4) is 5.75 Å². The molecule has 0 spiro atoms. The van der Waals surface area contributed by atoms with Gasteiger partial charge >= 0.3 is 0 Å². The van der Waals surface area contributed by atoms with Crippen LogP contribution in [0.2, 0.25) is 0 Å². The van der Waals surface area contributed by atoms with Gasteiger partial charge in [0, 0.05) is 12.6 Å². The maximum Gasteiger partial charge on any atom is 0.121 e. The lowest BCUT2D eigenvalue weighted by Gasteiger charge is -2.07. The zero-order valence-electron chi connectivity index (χ0n) is 11.1. The molecule has 0 N–H and O–H groups in total. The number of benzene rings is 2. The van der Waals surface area contributed by atoms with Crippen molar-refractivity contribution in [2.75, 3.05) is 7.11 Å². The van der Waals surface area contributed by atoms with E-state index in [1.165, 1.54) is 5.56 Å². The van der Waals surface area contributed by atoms with Gasteiger partial charge in [-0.2, -0.15) is 0 Å². The van der Waals surface area contributed by atoms with Crippen molar-refractivity contribution in [1.82, 2.24) is 9.55 Å². The van der Waals surface area contributed by atoms with Gasteiger partial charge in [-0.3, -0.25) is 0 Å². The summed E-state index contributed by atoms with van der Waals surface area (Å²) in [7, 11) is 1.68. The molecule has 0 bridgehead atoms. The Morgan fingerprint density at radius 1 is 1.11 bits per heavy atom. The first-order chi connectivity index (χ1) is 9.28. The van der Waals surface area contributed by atoms with Crippen molar-refractivity contribution in [3.63, 3.8) is 0 Å². The first-order valence-electron chi connectivity index (χ1n) is 6.33. The number of fused-ring (bicyclic) bond motifs is 1. The molecule has 0 radical (unpaired) electrons. The average Bonchev–Trinajstić information content (AvgIpc) is 2.75. The summed E-state index contributed by atoms with van der Waals surface area (Å²) in [5.41, 5.74) is 3.40. The fourth-order valence-electron chi connectivity index (χ4n) is 2.32. The number of rotatable bonds is 3. The normalized spacial score (nSPS) is 10.8. The van der Waals surface area contributed by atoms with Crippen molar-refractivity contribution in [1.29, 1.82) is 0 Å². The lowest BCUT2D eigenvalue weighted by molar-refractivity contribution is 0.415. The minimum Gasteiger partial charge on any atom is -0.497 e. The average molecular weight is 252 g/mol. The number of methoxy groups -OCH3 is 1. The predicted molar refractivity (Wildman–Crippen MR) is 76.6 cm³/mol. The summed E-state index contributed by atoms with van der Waals surface area (Å²) in [6.07, 6.45) is 0. The lowest BCUT2D eigenvalue weighted by Crippen LogP contribution is -2.01. The standard InChI is InChI=1S/C16H16N2O/c1-12-17-15-10-14(19-2)8-9-16(15)18(12)11-13-6-4-3-5-7-13/h3-10H,11H2,1-2H3. The van der Waals surface area contributed by atoms with Crippen LogP contribution in [-0.4, -0.2) is 16.7 Å². The molecule has 96 valence electrons. The van der Waals surface area contributed by atoms with E-state index in [4.69, 9.17) is 4.74 Å². The SMILES string of the molecule is COc1ccc2c(c1)nc(C)n2Cc1ccccc1. The van der Waals surface area contributed by atoms with Crippen LogP contribution >= 0.6 is 0 Å². The fraction of sp³-hybridized carbons (Fsp3) is 0.188. The third-order valence-corrected chi connectivity index (χ3v) is 3.33. The second-order valence-corrected chi connectivity index (χ2v) is 4.59. The molecule has 0 atom stereocenters. The van der Waals surface area contributed by atoms with Gasteiger partial charge in [0.05, 0.1) is 18.1 Å². The van der Waals surface area contributed by atoms with Gasteiger partial charge in [0.2, 0.25) is 0 Å². The van der Waals surface area contributed by atoms with E-state index in [0.29, 0.717) is 0 Å². The van der Waals surface area contributed by atoms with Crippen molar-refractivity contribution in [2.24, 2.45) is 0 Å². The highest BCUT2D eigenvalue weighted by atomic mass is 16.5. The Bertz CT molecular complexity index is 701. The highest BCUT2D eigenvalue weighted by Gasteiger charge is 2.08. The van der Waals surface area contributed by atoms with Crippen molar-refractivity contribution in [2.45, 2.75) is 13.5 Å². The van der Waals surface area contributed by atoms with Gasteiger partial charge in [-0.05, 0) is 24.6 Å². The third kappa shape index (κ3) is 2.19. The summed E-state index contributed by atoms with van der Waals surface area (Å²) in [6.45, 7) is 2.88. The number of nitrogens with zero attached hydrogens (tertiary/aromatic N) is 2. The number of hydrogen-bond acceptors (Lipinski definition) is 2. The van der Waals surface area contributed by atoms with E-state index in [9.17, 15) is 0 Å². The Balaban J connectivity index is 2.06. The van der Waals surface area contributed by atoms with E-state index in [1.807, 2.05) is 25.1 Å². The molecule has 2 aromatic carbocycles. The Kier molecular flexibility index (Phi) is 2.95. The summed E-state index contributed by atoms with van der Waals surface area (Å²) in [5.74, 6) is 1.86. The number of imidazole rings is 1. The van der Waals surface area contributed by atoms with E-state index < -0.39 is 0 Å². The van der Waals surface area contributed by atoms with Gasteiger partial charge in [-0.25, -0.2) is 4.98 Å². The zero-order valence-corrected chi connectivity index (χ0v) is 11.1. The minimum absolute atomic E-state index is 0.843. The molecule has 0 unspecified atom stereocenters. The van der Waals surface area contributed by atoms with E-state index in [0.717, 1.165) is 29.2 Å². The number of hydrogen-bond donors (Lipinski definition) is 0. The predicted octanol–water partition coefficient (Wildman–Crippen LogP) is 3.40. The lowest BCUT2D eigenvalue weighted by atomic mass is 10.2. The molecule has 3 heteroatoms. The number of aryl methyl sites for hydroxylation is 1. The Morgan fingerprint density at radius 2 is 1.89 bits per heavy atom.